The molecule has 25 heavy (non-hydrogen) atoms. The Morgan fingerprint density at radius 1 is 1.08 bits per heavy atom. The van der Waals surface area contributed by atoms with Gasteiger partial charge in [0.1, 0.15) is 12.4 Å². The van der Waals surface area contributed by atoms with Crippen LogP contribution in [0.15, 0.2) is 30.3 Å². The van der Waals surface area contributed by atoms with Crippen LogP contribution in [-0.4, -0.2) is 29.2 Å². The molecule has 0 bridgehead atoms. The van der Waals surface area contributed by atoms with Crippen molar-refractivity contribution in [1.29, 1.82) is 0 Å². The molecule has 0 aromatic heterocycles. The Balaban J connectivity index is 1.79. The first-order valence-electron chi connectivity index (χ1n) is 7.19. The first-order valence-corrected chi connectivity index (χ1v) is 7.94. The summed E-state index contributed by atoms with van der Waals surface area (Å²) < 4.78 is 13.7. The average Bonchev–Trinajstić information content (AvgIpc) is 2.76. The van der Waals surface area contributed by atoms with Crippen LogP contribution in [0.2, 0.25) is 10.0 Å². The summed E-state index contributed by atoms with van der Waals surface area (Å²) in [4.78, 5) is 37.6. The van der Waals surface area contributed by atoms with E-state index in [1.54, 1.807) is 13.0 Å². The van der Waals surface area contributed by atoms with Crippen LogP contribution < -0.4 is 5.32 Å². The quantitative estimate of drug-likeness (QED) is 0.825. The van der Waals surface area contributed by atoms with Crippen molar-refractivity contribution < 1.29 is 18.8 Å². The highest BCUT2D eigenvalue weighted by Crippen LogP contribution is 2.31. The highest BCUT2D eigenvalue weighted by Gasteiger charge is 2.37. The molecule has 3 amide bonds. The van der Waals surface area contributed by atoms with Crippen molar-refractivity contribution >= 4 is 46.6 Å². The van der Waals surface area contributed by atoms with E-state index in [-0.39, 0.29) is 26.9 Å². The molecule has 3 rings (SSSR count). The Morgan fingerprint density at radius 3 is 2.20 bits per heavy atom. The SMILES string of the molecule is Cc1ccc(F)c(NC(=O)CN2C(=O)c3cc(Cl)c(Cl)cc3C2=O)c1. The lowest BCUT2D eigenvalue weighted by Gasteiger charge is -2.14. The van der Waals surface area contributed by atoms with Gasteiger partial charge in [-0.05, 0) is 36.8 Å². The van der Waals surface area contributed by atoms with Crippen LogP contribution in [-0.2, 0) is 4.79 Å². The zero-order valence-electron chi connectivity index (χ0n) is 12.9. The van der Waals surface area contributed by atoms with E-state index in [1.165, 1.54) is 24.3 Å². The predicted molar refractivity (Wildman–Crippen MR) is 91.6 cm³/mol. The van der Waals surface area contributed by atoms with Crippen molar-refractivity contribution in [2.75, 3.05) is 11.9 Å². The van der Waals surface area contributed by atoms with Gasteiger partial charge in [0.25, 0.3) is 11.8 Å². The third kappa shape index (κ3) is 3.23. The first kappa shape index (κ1) is 17.4. The molecule has 0 radical (unpaired) electrons. The Morgan fingerprint density at radius 2 is 1.64 bits per heavy atom. The minimum absolute atomic E-state index is 0.0207. The molecule has 0 saturated heterocycles. The number of hydrogen-bond donors (Lipinski definition) is 1. The predicted octanol–water partition coefficient (Wildman–Crippen LogP) is 3.68. The second-order valence-electron chi connectivity index (χ2n) is 5.54. The minimum Gasteiger partial charge on any atom is -0.322 e. The average molecular weight is 381 g/mol. The van der Waals surface area contributed by atoms with E-state index in [1.807, 2.05) is 0 Å². The summed E-state index contributed by atoms with van der Waals surface area (Å²) in [5, 5.41) is 2.62. The Kier molecular flexibility index (Phi) is 4.49. The number of anilines is 1. The number of amides is 3. The fourth-order valence-electron chi connectivity index (χ4n) is 2.50. The van der Waals surface area contributed by atoms with Crippen molar-refractivity contribution in [3.05, 3.63) is 62.9 Å². The van der Waals surface area contributed by atoms with Crippen molar-refractivity contribution in [3.8, 4) is 0 Å². The number of fused-ring (bicyclic) bond motifs is 1. The van der Waals surface area contributed by atoms with Crippen LogP contribution in [0, 0.1) is 12.7 Å². The number of carbonyl (C=O) groups excluding carboxylic acids is 3. The molecule has 0 saturated carbocycles. The summed E-state index contributed by atoms with van der Waals surface area (Å²) in [6, 6.07) is 6.81. The van der Waals surface area contributed by atoms with E-state index < -0.39 is 30.1 Å². The van der Waals surface area contributed by atoms with Gasteiger partial charge in [0.15, 0.2) is 0 Å². The molecule has 0 spiro atoms. The molecule has 1 aliphatic heterocycles. The zero-order valence-corrected chi connectivity index (χ0v) is 14.4. The molecule has 8 heteroatoms. The molecule has 0 aliphatic carbocycles. The summed E-state index contributed by atoms with van der Waals surface area (Å²) in [6.07, 6.45) is 0. The number of benzene rings is 2. The Bertz CT molecular complexity index is 889. The van der Waals surface area contributed by atoms with E-state index >= 15 is 0 Å². The van der Waals surface area contributed by atoms with Crippen LogP contribution in [0.3, 0.4) is 0 Å². The van der Waals surface area contributed by atoms with Gasteiger partial charge in [0.05, 0.1) is 26.9 Å². The summed E-state index contributed by atoms with van der Waals surface area (Å²) in [5.41, 5.74) is 0.886. The monoisotopic (exact) mass is 380 g/mol. The molecular formula is C17H11Cl2FN2O3. The molecule has 5 nitrogen and oxygen atoms in total. The summed E-state index contributed by atoms with van der Waals surface area (Å²) >= 11 is 11.7. The Labute approximate surface area is 152 Å². The number of rotatable bonds is 3. The van der Waals surface area contributed by atoms with E-state index in [9.17, 15) is 18.8 Å². The van der Waals surface area contributed by atoms with E-state index in [4.69, 9.17) is 23.2 Å². The maximum Gasteiger partial charge on any atom is 0.262 e. The number of nitrogens with zero attached hydrogens (tertiary/aromatic N) is 1. The van der Waals surface area contributed by atoms with Crippen molar-refractivity contribution in [2.24, 2.45) is 0 Å². The maximum absolute atomic E-state index is 13.7. The third-order valence-corrected chi connectivity index (χ3v) is 4.43. The molecule has 0 unspecified atom stereocenters. The van der Waals surface area contributed by atoms with Gasteiger partial charge in [0.2, 0.25) is 5.91 Å². The summed E-state index contributed by atoms with van der Waals surface area (Å²) in [5.74, 6) is -2.62. The second-order valence-corrected chi connectivity index (χ2v) is 6.35. The molecule has 1 aliphatic rings. The number of imide groups is 1. The summed E-state index contributed by atoms with van der Waals surface area (Å²) in [7, 11) is 0. The van der Waals surface area contributed by atoms with Gasteiger partial charge >= 0.3 is 0 Å². The largest absolute Gasteiger partial charge is 0.322 e. The smallest absolute Gasteiger partial charge is 0.262 e. The number of nitrogens with one attached hydrogen (secondary N) is 1. The molecule has 1 N–H and O–H groups in total. The number of carbonyl (C=O) groups is 3. The van der Waals surface area contributed by atoms with Crippen LogP contribution in [0.25, 0.3) is 0 Å². The standard InChI is InChI=1S/C17H11Cl2FN2O3/c1-8-2-3-13(20)14(4-8)21-15(23)7-22-16(24)9-5-11(18)12(19)6-10(9)17(22)25/h2-6H,7H2,1H3,(H,21,23). The maximum atomic E-state index is 13.7. The molecule has 0 atom stereocenters. The number of halogens is 3. The lowest BCUT2D eigenvalue weighted by molar-refractivity contribution is -0.116. The molecule has 2 aromatic carbocycles. The zero-order chi connectivity index (χ0) is 18.3. The fraction of sp³-hybridized carbons (Fsp3) is 0.118. The van der Waals surface area contributed by atoms with Gasteiger partial charge in [-0.1, -0.05) is 29.3 Å². The van der Waals surface area contributed by atoms with Crippen molar-refractivity contribution in [1.82, 2.24) is 4.90 Å². The highest BCUT2D eigenvalue weighted by atomic mass is 35.5. The van der Waals surface area contributed by atoms with Gasteiger partial charge in [0, 0.05) is 0 Å². The second kappa shape index (κ2) is 6.46. The molecular weight excluding hydrogens is 370 g/mol. The lowest BCUT2D eigenvalue weighted by atomic mass is 10.1. The number of aryl methyl sites for hydroxylation is 1. The molecule has 128 valence electrons. The van der Waals surface area contributed by atoms with E-state index in [0.29, 0.717) is 0 Å². The normalized spacial score (nSPS) is 13.2. The van der Waals surface area contributed by atoms with Crippen LogP contribution >= 0.6 is 23.2 Å². The van der Waals surface area contributed by atoms with E-state index in [0.717, 1.165) is 10.5 Å². The molecule has 1 heterocycles. The van der Waals surface area contributed by atoms with Crippen molar-refractivity contribution in [2.45, 2.75) is 6.92 Å². The van der Waals surface area contributed by atoms with Gasteiger partial charge in [-0.15, -0.1) is 0 Å². The fourth-order valence-corrected chi connectivity index (χ4v) is 2.82. The lowest BCUT2D eigenvalue weighted by Crippen LogP contribution is -2.37. The number of hydrogen-bond acceptors (Lipinski definition) is 3. The van der Waals surface area contributed by atoms with Crippen LogP contribution in [0.4, 0.5) is 10.1 Å². The van der Waals surface area contributed by atoms with Crippen molar-refractivity contribution in [3.63, 3.8) is 0 Å². The van der Waals surface area contributed by atoms with Crippen LogP contribution in [0.1, 0.15) is 26.3 Å². The van der Waals surface area contributed by atoms with Crippen LogP contribution in [0.5, 0.6) is 0 Å². The molecule has 0 fully saturated rings. The highest BCUT2D eigenvalue weighted by molar-refractivity contribution is 6.43. The van der Waals surface area contributed by atoms with Gasteiger partial charge in [-0.3, -0.25) is 19.3 Å². The Hall–Kier alpha value is -2.44. The van der Waals surface area contributed by atoms with Gasteiger partial charge in [-0.2, -0.15) is 0 Å². The first-order chi connectivity index (χ1) is 11.8. The minimum atomic E-state index is -0.698. The topological polar surface area (TPSA) is 66.5 Å². The molecule has 2 aromatic rings. The third-order valence-electron chi connectivity index (χ3n) is 3.71. The van der Waals surface area contributed by atoms with Gasteiger partial charge in [-0.25, -0.2) is 4.39 Å². The van der Waals surface area contributed by atoms with E-state index in [2.05, 4.69) is 5.32 Å². The summed E-state index contributed by atoms with van der Waals surface area (Å²) in [6.45, 7) is 1.20. The van der Waals surface area contributed by atoms with Gasteiger partial charge < -0.3 is 5.32 Å².